The maximum atomic E-state index is 15.1. The van der Waals surface area contributed by atoms with Crippen molar-refractivity contribution in [1.29, 1.82) is 0 Å². The molecular formula is C20H20F2N10. The van der Waals surface area contributed by atoms with Crippen molar-refractivity contribution in [1.82, 2.24) is 36.0 Å². The number of aryl methyl sites for hydroxylation is 1. The van der Waals surface area contributed by atoms with Crippen LogP contribution >= 0.6 is 0 Å². The Morgan fingerprint density at radius 2 is 2.03 bits per heavy atom. The Labute approximate surface area is 182 Å². The molecule has 164 valence electrons. The van der Waals surface area contributed by atoms with Gasteiger partial charge in [0.05, 0.1) is 13.1 Å². The van der Waals surface area contributed by atoms with Gasteiger partial charge in [-0.2, -0.15) is 4.39 Å². The summed E-state index contributed by atoms with van der Waals surface area (Å²) in [6.45, 7) is 3.57. The van der Waals surface area contributed by atoms with Crippen molar-refractivity contribution in [2.45, 2.75) is 13.5 Å². The number of hydrogen-bond acceptors (Lipinski definition) is 10. The standard InChI is InChI=1S/C20H20F2N10/c1-12-6-14(2-3-23-12)18-15(21)7-13(8-24-18)9-25-19-17(22)20(27-11-26-19)31-4-5-32-16(10-31)28-29-30-32/h2-3,6-8,11,29-30H,4-5,9-10H2,1H3,(H,25,26,27). The lowest BCUT2D eigenvalue weighted by molar-refractivity contribution is 0.286. The largest absolute Gasteiger partial charge is 0.363 e. The molecule has 0 spiro atoms. The fraction of sp³-hybridized carbons (Fsp3) is 0.250. The van der Waals surface area contributed by atoms with Gasteiger partial charge in [-0.25, -0.2) is 19.9 Å². The van der Waals surface area contributed by atoms with Crippen LogP contribution in [0.2, 0.25) is 0 Å². The molecule has 10 nitrogen and oxygen atoms in total. The fourth-order valence-electron chi connectivity index (χ4n) is 3.60. The van der Waals surface area contributed by atoms with Gasteiger partial charge in [0.1, 0.15) is 17.8 Å². The second-order valence-electron chi connectivity index (χ2n) is 7.40. The molecule has 3 aromatic heterocycles. The molecule has 3 N–H and O–H groups in total. The van der Waals surface area contributed by atoms with Crippen molar-refractivity contribution in [3.63, 3.8) is 0 Å². The van der Waals surface area contributed by atoms with Gasteiger partial charge < -0.3 is 10.2 Å². The van der Waals surface area contributed by atoms with Crippen molar-refractivity contribution in [3.8, 4) is 11.3 Å². The zero-order chi connectivity index (χ0) is 22.1. The lowest BCUT2D eigenvalue weighted by atomic mass is 10.1. The van der Waals surface area contributed by atoms with E-state index in [1.807, 2.05) is 11.9 Å². The number of hydrazine groups is 2. The van der Waals surface area contributed by atoms with Crippen LogP contribution in [0.1, 0.15) is 11.3 Å². The number of anilines is 2. The third kappa shape index (κ3) is 3.87. The van der Waals surface area contributed by atoms with Crippen molar-refractivity contribution in [2.75, 3.05) is 29.9 Å². The number of nitrogens with one attached hydrogen (secondary N) is 3. The summed E-state index contributed by atoms with van der Waals surface area (Å²) in [6.07, 6.45) is 4.47. The van der Waals surface area contributed by atoms with Crippen LogP contribution in [0, 0.1) is 18.6 Å². The van der Waals surface area contributed by atoms with E-state index in [4.69, 9.17) is 0 Å². The SMILES string of the molecule is Cc1cc(-c2ncc(CNc3ncnc(N4CCN5NNN=C5C4)c3F)cc2F)ccn1. The summed E-state index contributed by atoms with van der Waals surface area (Å²) in [5.41, 5.74) is 7.80. The van der Waals surface area contributed by atoms with E-state index in [-0.39, 0.29) is 23.9 Å². The zero-order valence-electron chi connectivity index (χ0n) is 17.2. The highest BCUT2D eigenvalue weighted by molar-refractivity contribution is 5.88. The lowest BCUT2D eigenvalue weighted by Gasteiger charge is -2.33. The van der Waals surface area contributed by atoms with Crippen LogP contribution in [0.5, 0.6) is 0 Å². The number of rotatable bonds is 5. The number of halogens is 2. The van der Waals surface area contributed by atoms with Gasteiger partial charge in [0, 0.05) is 36.7 Å². The second-order valence-corrected chi connectivity index (χ2v) is 7.40. The highest BCUT2D eigenvalue weighted by Crippen LogP contribution is 2.24. The molecule has 0 bridgehead atoms. The van der Waals surface area contributed by atoms with Crippen LogP contribution in [0.25, 0.3) is 11.3 Å². The summed E-state index contributed by atoms with van der Waals surface area (Å²) in [5.74, 6) is -0.0653. The number of hydrazone groups is 1. The third-order valence-electron chi connectivity index (χ3n) is 5.21. The molecule has 0 unspecified atom stereocenters. The van der Waals surface area contributed by atoms with Gasteiger partial charge in [0.2, 0.25) is 5.82 Å². The number of pyridine rings is 2. The Hall–Kier alpha value is -3.93. The molecule has 0 radical (unpaired) electrons. The Kier molecular flexibility index (Phi) is 5.19. The van der Waals surface area contributed by atoms with Crippen LogP contribution < -0.4 is 21.3 Å². The predicted octanol–water partition coefficient (Wildman–Crippen LogP) is 1.59. The predicted molar refractivity (Wildman–Crippen MR) is 114 cm³/mol. The Morgan fingerprint density at radius 1 is 1.12 bits per heavy atom. The minimum Gasteiger partial charge on any atom is -0.363 e. The summed E-state index contributed by atoms with van der Waals surface area (Å²) in [7, 11) is 0. The van der Waals surface area contributed by atoms with E-state index in [9.17, 15) is 4.39 Å². The molecule has 0 amide bonds. The first-order valence-electron chi connectivity index (χ1n) is 10.00. The maximum Gasteiger partial charge on any atom is 0.207 e. The Morgan fingerprint density at radius 3 is 2.88 bits per heavy atom. The first-order chi connectivity index (χ1) is 15.6. The van der Waals surface area contributed by atoms with E-state index in [0.29, 0.717) is 30.8 Å². The lowest BCUT2D eigenvalue weighted by Crippen LogP contribution is -2.53. The maximum absolute atomic E-state index is 15.1. The van der Waals surface area contributed by atoms with E-state index in [1.165, 1.54) is 12.4 Å². The van der Waals surface area contributed by atoms with E-state index in [1.54, 1.807) is 29.4 Å². The summed E-state index contributed by atoms with van der Waals surface area (Å²) in [6, 6.07) is 4.85. The quantitative estimate of drug-likeness (QED) is 0.548. The molecule has 0 aromatic carbocycles. The molecule has 0 atom stereocenters. The van der Waals surface area contributed by atoms with Gasteiger partial charge in [-0.1, -0.05) is 0 Å². The molecule has 2 aliphatic rings. The van der Waals surface area contributed by atoms with Crippen LogP contribution in [-0.4, -0.2) is 50.4 Å². The summed E-state index contributed by atoms with van der Waals surface area (Å²) in [5, 5.41) is 8.89. The van der Waals surface area contributed by atoms with E-state index < -0.39 is 11.6 Å². The molecule has 0 saturated carbocycles. The summed E-state index contributed by atoms with van der Waals surface area (Å²) < 4.78 is 29.7. The van der Waals surface area contributed by atoms with E-state index in [2.05, 4.69) is 41.4 Å². The molecule has 32 heavy (non-hydrogen) atoms. The topological polar surface area (TPSA) is 106 Å². The van der Waals surface area contributed by atoms with Gasteiger partial charge in [0.25, 0.3) is 0 Å². The van der Waals surface area contributed by atoms with Gasteiger partial charge >= 0.3 is 0 Å². The van der Waals surface area contributed by atoms with Crippen LogP contribution in [0.15, 0.2) is 42.0 Å². The van der Waals surface area contributed by atoms with Crippen molar-refractivity contribution in [2.24, 2.45) is 5.10 Å². The summed E-state index contributed by atoms with van der Waals surface area (Å²) >= 11 is 0. The van der Waals surface area contributed by atoms with Gasteiger partial charge in [0.15, 0.2) is 17.5 Å². The number of fused-ring (bicyclic) bond motifs is 1. The number of amidine groups is 1. The number of aromatic nitrogens is 4. The molecule has 1 fully saturated rings. The molecule has 2 aliphatic heterocycles. The Balaban J connectivity index is 1.30. The molecule has 3 aromatic rings. The third-order valence-corrected chi connectivity index (χ3v) is 5.21. The molecular weight excluding hydrogens is 418 g/mol. The minimum atomic E-state index is -0.572. The van der Waals surface area contributed by atoms with Crippen molar-refractivity contribution < 1.29 is 8.78 Å². The summed E-state index contributed by atoms with van der Waals surface area (Å²) in [4.78, 5) is 18.3. The first kappa shape index (κ1) is 20.0. The van der Waals surface area contributed by atoms with Crippen molar-refractivity contribution in [3.05, 3.63) is 59.8 Å². The van der Waals surface area contributed by atoms with Gasteiger partial charge in [-0.3, -0.25) is 15.0 Å². The van der Waals surface area contributed by atoms with Crippen LogP contribution in [0.3, 0.4) is 0 Å². The van der Waals surface area contributed by atoms with E-state index in [0.717, 1.165) is 11.5 Å². The molecule has 12 heteroatoms. The first-order valence-corrected chi connectivity index (χ1v) is 10.00. The van der Waals surface area contributed by atoms with E-state index >= 15 is 4.39 Å². The molecule has 5 heterocycles. The zero-order valence-corrected chi connectivity index (χ0v) is 17.2. The second kappa shape index (κ2) is 8.30. The minimum absolute atomic E-state index is 0.0382. The molecule has 0 aliphatic carbocycles. The van der Waals surface area contributed by atoms with Gasteiger partial charge in [-0.15, -0.1) is 10.6 Å². The fourth-order valence-corrected chi connectivity index (χ4v) is 3.60. The normalized spacial score (nSPS) is 15.3. The number of nitrogens with zero attached hydrogens (tertiary/aromatic N) is 7. The van der Waals surface area contributed by atoms with Crippen LogP contribution in [-0.2, 0) is 6.54 Å². The highest BCUT2D eigenvalue weighted by Gasteiger charge is 2.28. The highest BCUT2D eigenvalue weighted by atomic mass is 19.1. The molecule has 1 saturated heterocycles. The number of piperazine rings is 1. The smallest absolute Gasteiger partial charge is 0.207 e. The van der Waals surface area contributed by atoms with Crippen LogP contribution in [0.4, 0.5) is 20.4 Å². The molecule has 5 rings (SSSR count). The number of hydrogen-bond donors (Lipinski definition) is 3. The average molecular weight is 438 g/mol. The van der Waals surface area contributed by atoms with Crippen molar-refractivity contribution >= 4 is 17.5 Å². The monoisotopic (exact) mass is 438 g/mol. The Bertz CT molecular complexity index is 1180. The average Bonchev–Trinajstić information content (AvgIpc) is 3.26. The van der Waals surface area contributed by atoms with Gasteiger partial charge in [-0.05, 0) is 30.7 Å².